The molecule has 2 aromatic carbocycles. The lowest BCUT2D eigenvalue weighted by molar-refractivity contribution is -0.123. The van der Waals surface area contributed by atoms with E-state index in [2.05, 4.69) is 20.8 Å². The Morgan fingerprint density at radius 2 is 2.03 bits per heavy atom. The van der Waals surface area contributed by atoms with Gasteiger partial charge in [-0.3, -0.25) is 4.79 Å². The van der Waals surface area contributed by atoms with E-state index >= 15 is 0 Å². The van der Waals surface area contributed by atoms with Crippen molar-refractivity contribution < 1.29 is 9.53 Å². The van der Waals surface area contributed by atoms with Crippen LogP contribution in [0.3, 0.4) is 0 Å². The van der Waals surface area contributed by atoms with Gasteiger partial charge < -0.3 is 4.74 Å². The van der Waals surface area contributed by atoms with Crippen LogP contribution in [-0.2, 0) is 11.3 Å². The molecule has 1 amide bonds. The highest BCUT2D eigenvalue weighted by atomic mass is 35.5. The van der Waals surface area contributed by atoms with Crippen molar-refractivity contribution in [2.75, 3.05) is 6.61 Å². The first kappa shape index (κ1) is 21.3. The first-order valence-corrected chi connectivity index (χ1v) is 11.0. The van der Waals surface area contributed by atoms with E-state index in [1.165, 1.54) is 19.3 Å². The minimum Gasteiger partial charge on any atom is -0.483 e. The molecule has 4 rings (SSSR count). The van der Waals surface area contributed by atoms with Crippen LogP contribution in [0.4, 0.5) is 0 Å². The topological polar surface area (TPSA) is 81.4 Å². The van der Waals surface area contributed by atoms with Crippen molar-refractivity contribution in [2.45, 2.75) is 51.5 Å². The second kappa shape index (κ2) is 9.92. The maximum absolute atomic E-state index is 12.3. The van der Waals surface area contributed by atoms with Crippen molar-refractivity contribution >= 4 is 34.3 Å². The average Bonchev–Trinajstić information content (AvgIpc) is 3.20. The molecule has 1 aromatic heterocycles. The van der Waals surface area contributed by atoms with E-state index in [0.717, 1.165) is 35.2 Å². The Balaban J connectivity index is 1.34. The van der Waals surface area contributed by atoms with Crippen molar-refractivity contribution in [1.29, 1.82) is 0 Å². The summed E-state index contributed by atoms with van der Waals surface area (Å²) in [7, 11) is 0. The number of aromatic nitrogens is 3. The van der Waals surface area contributed by atoms with Gasteiger partial charge in [-0.2, -0.15) is 5.10 Å². The standard InChI is InChI=1S/C23H26ClN5O2/c1-16(14-29-21-10-6-5-9-20(21)26-28-29)25-27-23(30)15-31-22-12-11-18(24)13-19(22)17-7-3-2-4-8-17/h5-6,9-13,17H,2-4,7-8,14-15H2,1H3,(H,27,30)/b25-16+. The first-order chi connectivity index (χ1) is 15.1. The molecule has 0 bridgehead atoms. The number of carbonyl (C=O) groups is 1. The lowest BCUT2D eigenvalue weighted by atomic mass is 9.84. The summed E-state index contributed by atoms with van der Waals surface area (Å²) < 4.78 is 7.59. The Hall–Kier alpha value is -2.93. The van der Waals surface area contributed by atoms with Gasteiger partial charge in [0.25, 0.3) is 5.91 Å². The summed E-state index contributed by atoms with van der Waals surface area (Å²) in [5, 5.41) is 13.1. The molecule has 1 fully saturated rings. The number of fused-ring (bicyclic) bond motifs is 1. The summed E-state index contributed by atoms with van der Waals surface area (Å²) in [6.07, 6.45) is 5.96. The van der Waals surface area contributed by atoms with Gasteiger partial charge in [0.15, 0.2) is 6.61 Å². The molecule has 0 aliphatic heterocycles. The summed E-state index contributed by atoms with van der Waals surface area (Å²) in [6, 6.07) is 13.3. The molecule has 8 heteroatoms. The van der Waals surface area contributed by atoms with Crippen LogP contribution in [0, 0.1) is 0 Å². The number of nitrogens with one attached hydrogen (secondary N) is 1. The maximum atomic E-state index is 12.3. The number of hydrogen-bond acceptors (Lipinski definition) is 5. The van der Waals surface area contributed by atoms with Crippen molar-refractivity contribution in [3.05, 3.63) is 53.1 Å². The van der Waals surface area contributed by atoms with E-state index in [4.69, 9.17) is 16.3 Å². The Bertz CT molecular complexity index is 1090. The quantitative estimate of drug-likeness (QED) is 0.427. The third-order valence-electron chi connectivity index (χ3n) is 5.55. The number of rotatable bonds is 7. The lowest BCUT2D eigenvalue weighted by Crippen LogP contribution is -2.26. The van der Waals surface area contributed by atoms with E-state index in [9.17, 15) is 4.79 Å². The third kappa shape index (κ3) is 5.41. The normalized spacial score (nSPS) is 15.2. The largest absolute Gasteiger partial charge is 0.483 e. The molecule has 3 aromatic rings. The summed E-state index contributed by atoms with van der Waals surface area (Å²) in [5.74, 6) is 0.844. The smallest absolute Gasteiger partial charge is 0.277 e. The number of nitrogens with zero attached hydrogens (tertiary/aromatic N) is 4. The minimum absolute atomic E-state index is 0.107. The molecule has 31 heavy (non-hydrogen) atoms. The zero-order chi connectivity index (χ0) is 21.6. The van der Waals surface area contributed by atoms with Crippen molar-refractivity contribution in [3.8, 4) is 5.75 Å². The number of benzene rings is 2. The fraction of sp³-hybridized carbons (Fsp3) is 0.391. The highest BCUT2D eigenvalue weighted by molar-refractivity contribution is 6.30. The Kier molecular flexibility index (Phi) is 6.82. The van der Waals surface area contributed by atoms with Crippen LogP contribution in [-0.4, -0.2) is 33.2 Å². The first-order valence-electron chi connectivity index (χ1n) is 10.6. The number of hydrogen-bond donors (Lipinski definition) is 1. The number of amides is 1. The van der Waals surface area contributed by atoms with E-state index in [0.29, 0.717) is 23.2 Å². The fourth-order valence-corrected chi connectivity index (χ4v) is 4.18. The molecule has 0 atom stereocenters. The van der Waals surface area contributed by atoms with Crippen molar-refractivity contribution in [2.24, 2.45) is 5.10 Å². The maximum Gasteiger partial charge on any atom is 0.277 e. The van der Waals surface area contributed by atoms with Crippen molar-refractivity contribution in [1.82, 2.24) is 20.4 Å². The highest BCUT2D eigenvalue weighted by Crippen LogP contribution is 2.38. The predicted octanol–water partition coefficient (Wildman–Crippen LogP) is 4.70. The van der Waals surface area contributed by atoms with Gasteiger partial charge in [-0.15, -0.1) is 5.10 Å². The molecular formula is C23H26ClN5O2. The molecule has 1 saturated carbocycles. The molecule has 1 heterocycles. The molecular weight excluding hydrogens is 414 g/mol. The van der Waals surface area contributed by atoms with E-state index < -0.39 is 0 Å². The van der Waals surface area contributed by atoms with Gasteiger partial charge in [0.2, 0.25) is 0 Å². The van der Waals surface area contributed by atoms with Gasteiger partial charge in [-0.1, -0.05) is 48.2 Å². The summed E-state index contributed by atoms with van der Waals surface area (Å²) in [5.41, 5.74) is 6.11. The Labute approximate surface area is 186 Å². The van der Waals surface area contributed by atoms with Crippen molar-refractivity contribution in [3.63, 3.8) is 0 Å². The van der Waals surface area contributed by atoms with Gasteiger partial charge in [0, 0.05) is 5.02 Å². The van der Waals surface area contributed by atoms with Gasteiger partial charge >= 0.3 is 0 Å². The molecule has 1 aliphatic carbocycles. The average molecular weight is 440 g/mol. The molecule has 7 nitrogen and oxygen atoms in total. The number of carbonyl (C=O) groups excluding carboxylic acids is 1. The summed E-state index contributed by atoms with van der Waals surface area (Å²) >= 11 is 6.21. The van der Waals surface area contributed by atoms with Crippen LogP contribution in [0.5, 0.6) is 5.75 Å². The second-order valence-electron chi connectivity index (χ2n) is 7.92. The summed E-state index contributed by atoms with van der Waals surface area (Å²) in [4.78, 5) is 12.3. The zero-order valence-electron chi connectivity index (χ0n) is 17.6. The minimum atomic E-state index is -0.313. The molecule has 0 unspecified atom stereocenters. The zero-order valence-corrected chi connectivity index (χ0v) is 18.3. The fourth-order valence-electron chi connectivity index (χ4n) is 4.00. The second-order valence-corrected chi connectivity index (χ2v) is 8.36. The molecule has 1 N–H and O–H groups in total. The van der Waals surface area contributed by atoms with E-state index in [-0.39, 0.29) is 12.5 Å². The third-order valence-corrected chi connectivity index (χ3v) is 5.78. The highest BCUT2D eigenvalue weighted by Gasteiger charge is 2.20. The van der Waals surface area contributed by atoms with Crippen LogP contribution < -0.4 is 10.2 Å². The summed E-state index contributed by atoms with van der Waals surface area (Å²) in [6.45, 7) is 2.16. The van der Waals surface area contributed by atoms with E-state index in [1.807, 2.05) is 43.3 Å². The molecule has 0 radical (unpaired) electrons. The number of para-hydroxylation sites is 1. The van der Waals surface area contributed by atoms with Crippen LogP contribution in [0.2, 0.25) is 5.02 Å². The van der Waals surface area contributed by atoms with Crippen LogP contribution >= 0.6 is 11.6 Å². The van der Waals surface area contributed by atoms with Crippen LogP contribution in [0.15, 0.2) is 47.6 Å². The monoisotopic (exact) mass is 439 g/mol. The van der Waals surface area contributed by atoms with E-state index in [1.54, 1.807) is 10.7 Å². The van der Waals surface area contributed by atoms with Gasteiger partial charge in [-0.05, 0) is 61.6 Å². The Morgan fingerprint density at radius 1 is 1.23 bits per heavy atom. The van der Waals surface area contributed by atoms with Gasteiger partial charge in [0.05, 0.1) is 17.8 Å². The number of halogens is 1. The van der Waals surface area contributed by atoms with Gasteiger partial charge in [0.1, 0.15) is 11.3 Å². The molecule has 1 aliphatic rings. The lowest BCUT2D eigenvalue weighted by Gasteiger charge is -2.24. The van der Waals surface area contributed by atoms with Crippen LogP contribution in [0.1, 0.15) is 50.5 Å². The number of hydrazone groups is 1. The van der Waals surface area contributed by atoms with Gasteiger partial charge in [-0.25, -0.2) is 10.1 Å². The number of ether oxygens (including phenoxy) is 1. The molecule has 0 saturated heterocycles. The molecule has 0 spiro atoms. The molecule has 162 valence electrons. The van der Waals surface area contributed by atoms with Crippen LogP contribution in [0.25, 0.3) is 11.0 Å². The predicted molar refractivity (Wildman–Crippen MR) is 122 cm³/mol. The SMILES string of the molecule is C/C(Cn1nnc2ccccc21)=N\NC(=O)COc1ccc(Cl)cc1C1CCCCC1. The Morgan fingerprint density at radius 3 is 2.87 bits per heavy atom.